The summed E-state index contributed by atoms with van der Waals surface area (Å²) in [6.45, 7) is 1.97. The van der Waals surface area contributed by atoms with Crippen LogP contribution in [0.2, 0.25) is 0 Å². The quantitative estimate of drug-likeness (QED) is 0.630. The van der Waals surface area contributed by atoms with Gasteiger partial charge in [0.15, 0.2) is 11.6 Å². The zero-order valence-corrected chi connectivity index (χ0v) is 14.5. The van der Waals surface area contributed by atoms with E-state index in [0.29, 0.717) is 10.4 Å². The highest BCUT2D eigenvalue weighted by atomic mass is 32.1. The molecule has 1 aromatic heterocycles. The summed E-state index contributed by atoms with van der Waals surface area (Å²) >= 11 is 1.37. The van der Waals surface area contributed by atoms with Gasteiger partial charge < -0.3 is 4.74 Å². The summed E-state index contributed by atoms with van der Waals surface area (Å²) in [6, 6.07) is 7.65. The Kier molecular flexibility index (Phi) is 4.62. The number of ketones is 2. The Bertz CT molecular complexity index is 832. The molecule has 0 N–H and O–H groups in total. The molecule has 0 saturated carbocycles. The average molecular weight is 342 g/mol. The van der Waals surface area contributed by atoms with Gasteiger partial charge in [-0.2, -0.15) is 0 Å². The number of hydrogen-bond donors (Lipinski definition) is 0. The minimum absolute atomic E-state index is 0.00975. The summed E-state index contributed by atoms with van der Waals surface area (Å²) in [7, 11) is 1.30. The maximum absolute atomic E-state index is 12.8. The summed E-state index contributed by atoms with van der Waals surface area (Å²) < 4.78 is 4.56. The van der Waals surface area contributed by atoms with E-state index in [-0.39, 0.29) is 24.4 Å². The number of thiophene rings is 1. The van der Waals surface area contributed by atoms with Crippen LogP contribution in [0.1, 0.15) is 54.4 Å². The Morgan fingerprint density at radius 2 is 1.92 bits per heavy atom. The summed E-state index contributed by atoms with van der Waals surface area (Å²) in [5, 5.41) is 0. The van der Waals surface area contributed by atoms with Crippen molar-refractivity contribution < 1.29 is 19.1 Å². The number of aryl methyl sites for hydroxylation is 3. The molecule has 0 spiro atoms. The molecule has 0 atom stereocenters. The van der Waals surface area contributed by atoms with Crippen molar-refractivity contribution in [1.29, 1.82) is 0 Å². The van der Waals surface area contributed by atoms with Gasteiger partial charge in [0, 0.05) is 22.4 Å². The topological polar surface area (TPSA) is 60.4 Å². The van der Waals surface area contributed by atoms with E-state index >= 15 is 0 Å². The minimum atomic E-state index is -0.401. The van der Waals surface area contributed by atoms with Crippen molar-refractivity contribution >= 4 is 28.9 Å². The highest BCUT2D eigenvalue weighted by Crippen LogP contribution is 2.32. The van der Waals surface area contributed by atoms with Crippen LogP contribution in [0.15, 0.2) is 24.3 Å². The van der Waals surface area contributed by atoms with Gasteiger partial charge in [-0.15, -0.1) is 11.3 Å². The van der Waals surface area contributed by atoms with Gasteiger partial charge in [-0.05, 0) is 37.5 Å². The molecule has 1 aliphatic rings. The second-order valence-corrected chi connectivity index (χ2v) is 7.07. The first kappa shape index (κ1) is 16.6. The second-order valence-electron chi connectivity index (χ2n) is 5.94. The number of esters is 1. The molecule has 0 aliphatic heterocycles. The molecule has 0 amide bonds. The molecule has 24 heavy (non-hydrogen) atoms. The van der Waals surface area contributed by atoms with Crippen LogP contribution >= 0.6 is 11.3 Å². The molecule has 0 radical (unpaired) electrons. The van der Waals surface area contributed by atoms with Gasteiger partial charge in [-0.3, -0.25) is 14.4 Å². The second kappa shape index (κ2) is 6.69. The molecule has 5 heteroatoms. The van der Waals surface area contributed by atoms with Gasteiger partial charge in [-0.25, -0.2) is 0 Å². The van der Waals surface area contributed by atoms with Crippen molar-refractivity contribution in [2.75, 3.05) is 7.11 Å². The minimum Gasteiger partial charge on any atom is -0.469 e. The smallest absolute Gasteiger partial charge is 0.305 e. The van der Waals surface area contributed by atoms with E-state index in [1.165, 1.54) is 18.4 Å². The van der Waals surface area contributed by atoms with Gasteiger partial charge >= 0.3 is 5.97 Å². The number of hydrogen-bond acceptors (Lipinski definition) is 5. The monoisotopic (exact) mass is 342 g/mol. The summed E-state index contributed by atoms with van der Waals surface area (Å²) in [6.07, 6.45) is 1.72. The lowest BCUT2D eigenvalue weighted by Crippen LogP contribution is -2.05. The summed E-state index contributed by atoms with van der Waals surface area (Å²) in [4.78, 5) is 37.8. The molecule has 1 aromatic carbocycles. The Hall–Kier alpha value is -2.27. The van der Waals surface area contributed by atoms with Crippen LogP contribution in [0.25, 0.3) is 0 Å². The molecule has 124 valence electrons. The van der Waals surface area contributed by atoms with Crippen LogP contribution in [0, 0.1) is 6.92 Å². The number of benzene rings is 1. The lowest BCUT2D eigenvalue weighted by atomic mass is 9.98. The molecule has 1 aliphatic carbocycles. The molecular weight excluding hydrogens is 324 g/mol. The number of fused-ring (bicyclic) bond motifs is 2. The van der Waals surface area contributed by atoms with Crippen LogP contribution in [-0.2, 0) is 22.4 Å². The predicted molar refractivity (Wildman–Crippen MR) is 91.9 cm³/mol. The molecule has 4 nitrogen and oxygen atoms in total. The fourth-order valence-corrected chi connectivity index (χ4v) is 4.02. The maximum atomic E-state index is 12.8. The molecule has 3 rings (SSSR count). The fourth-order valence-electron chi connectivity index (χ4n) is 2.90. The highest BCUT2D eigenvalue weighted by molar-refractivity contribution is 7.14. The van der Waals surface area contributed by atoms with Crippen LogP contribution in [0.3, 0.4) is 0 Å². The van der Waals surface area contributed by atoms with Crippen LogP contribution in [0.5, 0.6) is 0 Å². The summed E-state index contributed by atoms with van der Waals surface area (Å²) in [5.74, 6) is -0.526. The summed E-state index contributed by atoms with van der Waals surface area (Å²) in [5.41, 5.74) is 3.48. The van der Waals surface area contributed by atoms with Crippen LogP contribution in [0.4, 0.5) is 0 Å². The number of Topliss-reactive ketones (excluding diaryl/α,β-unsaturated/α-hetero) is 1. The lowest BCUT2D eigenvalue weighted by Gasteiger charge is -2.05. The first-order chi connectivity index (χ1) is 11.5. The molecule has 0 saturated heterocycles. The third-order valence-electron chi connectivity index (χ3n) is 4.24. The van der Waals surface area contributed by atoms with E-state index in [2.05, 4.69) is 4.74 Å². The molecule has 2 aromatic rings. The lowest BCUT2D eigenvalue weighted by molar-refractivity contribution is -0.140. The van der Waals surface area contributed by atoms with Crippen molar-refractivity contribution in [2.24, 2.45) is 0 Å². The average Bonchev–Trinajstić information content (AvgIpc) is 2.97. The maximum Gasteiger partial charge on any atom is 0.305 e. The fraction of sp³-hybridized carbons (Fsp3) is 0.316. The Morgan fingerprint density at radius 3 is 2.67 bits per heavy atom. The highest BCUT2D eigenvalue weighted by Gasteiger charge is 2.25. The largest absolute Gasteiger partial charge is 0.469 e. The first-order valence-electron chi connectivity index (χ1n) is 7.86. The predicted octanol–water partition coefficient (Wildman–Crippen LogP) is 3.52. The van der Waals surface area contributed by atoms with Crippen LogP contribution < -0.4 is 0 Å². The molecule has 0 bridgehead atoms. The zero-order chi connectivity index (χ0) is 17.3. The number of carbonyl (C=O) groups is 3. The number of ether oxygens (including phenoxy) is 1. The van der Waals surface area contributed by atoms with Gasteiger partial charge in [0.2, 0.25) is 0 Å². The van der Waals surface area contributed by atoms with E-state index in [0.717, 1.165) is 34.4 Å². The van der Waals surface area contributed by atoms with E-state index in [4.69, 9.17) is 0 Å². The number of methoxy groups -OCH3 is 1. The van der Waals surface area contributed by atoms with Gasteiger partial charge in [0.05, 0.1) is 18.4 Å². The van der Waals surface area contributed by atoms with Crippen molar-refractivity contribution in [2.45, 2.75) is 32.6 Å². The van der Waals surface area contributed by atoms with E-state index in [1.54, 1.807) is 6.07 Å². The van der Waals surface area contributed by atoms with Crippen molar-refractivity contribution in [3.63, 3.8) is 0 Å². The van der Waals surface area contributed by atoms with Gasteiger partial charge in [-0.1, -0.05) is 17.7 Å². The van der Waals surface area contributed by atoms with E-state index in [9.17, 15) is 14.4 Å². The first-order valence-corrected chi connectivity index (χ1v) is 8.68. The van der Waals surface area contributed by atoms with Crippen molar-refractivity contribution in [1.82, 2.24) is 0 Å². The number of carbonyl (C=O) groups excluding carboxylic acids is 3. The normalized spacial score (nSPS) is 13.0. The molecule has 0 unspecified atom stereocenters. The Morgan fingerprint density at radius 1 is 1.12 bits per heavy atom. The van der Waals surface area contributed by atoms with Crippen molar-refractivity contribution in [3.05, 3.63) is 56.3 Å². The third kappa shape index (κ3) is 3.17. The van der Waals surface area contributed by atoms with Crippen molar-refractivity contribution in [3.8, 4) is 0 Å². The molecule has 1 heterocycles. The van der Waals surface area contributed by atoms with Crippen LogP contribution in [-0.4, -0.2) is 24.6 Å². The van der Waals surface area contributed by atoms with E-state index in [1.807, 2.05) is 25.1 Å². The Labute approximate surface area is 144 Å². The number of rotatable bonds is 4. The zero-order valence-electron chi connectivity index (χ0n) is 13.7. The SMILES string of the molecule is COC(=O)CCC(=O)c1cc2c(s1)CCc1ccc(C)cc1C2=O. The molecular formula is C19H18O4S. The van der Waals surface area contributed by atoms with Gasteiger partial charge in [0.1, 0.15) is 0 Å². The Balaban J connectivity index is 1.87. The standard InChI is InChI=1S/C19H18O4S/c1-11-3-4-12-5-7-16-14(19(22)13(12)9-11)10-17(24-16)15(20)6-8-18(21)23-2/h3-4,9-10H,5-8H2,1-2H3. The van der Waals surface area contributed by atoms with E-state index < -0.39 is 5.97 Å². The van der Waals surface area contributed by atoms with Gasteiger partial charge in [0.25, 0.3) is 0 Å². The molecule has 0 fully saturated rings. The third-order valence-corrected chi connectivity index (χ3v) is 5.48.